The average Bonchev–Trinajstić information content (AvgIpc) is 3.18. The van der Waals surface area contributed by atoms with Crippen molar-refractivity contribution < 1.29 is 12.8 Å². The molecule has 0 amide bonds. The van der Waals surface area contributed by atoms with Crippen LogP contribution in [0, 0.1) is 0 Å². The summed E-state index contributed by atoms with van der Waals surface area (Å²) in [7, 11) is -3.42. The van der Waals surface area contributed by atoms with Crippen LogP contribution < -0.4 is 10.9 Å². The van der Waals surface area contributed by atoms with Crippen LogP contribution in [0.15, 0.2) is 17.1 Å². The molecule has 2 aromatic heterocycles. The van der Waals surface area contributed by atoms with E-state index >= 15 is 0 Å². The van der Waals surface area contributed by atoms with Crippen LogP contribution in [0.5, 0.6) is 0 Å². The predicted molar refractivity (Wildman–Crippen MR) is 110 cm³/mol. The Morgan fingerprint density at radius 2 is 2.00 bits per heavy atom. The molecular weight excluding hydrogens is 421 g/mol. The molecule has 2 aliphatic rings. The number of halogens is 2. The molecule has 2 atom stereocenters. The molecule has 11 heteroatoms. The van der Waals surface area contributed by atoms with E-state index in [1.54, 1.807) is 16.8 Å². The minimum Gasteiger partial charge on any atom is -0.348 e. The van der Waals surface area contributed by atoms with E-state index in [9.17, 15) is 17.6 Å². The summed E-state index contributed by atoms with van der Waals surface area (Å²) in [4.78, 5) is 21.4. The van der Waals surface area contributed by atoms with Crippen molar-refractivity contribution >= 4 is 38.6 Å². The normalized spacial score (nSPS) is 24.2. The van der Waals surface area contributed by atoms with Crippen LogP contribution in [0.1, 0.15) is 38.1 Å². The molecule has 29 heavy (non-hydrogen) atoms. The molecule has 0 spiro atoms. The molecule has 1 aliphatic carbocycles. The number of hydrogen-bond donors (Lipinski definition) is 1. The van der Waals surface area contributed by atoms with E-state index in [0.717, 1.165) is 36.2 Å². The number of anilines is 1. The van der Waals surface area contributed by atoms with Gasteiger partial charge in [0.05, 0.1) is 12.3 Å². The van der Waals surface area contributed by atoms with Gasteiger partial charge in [-0.1, -0.05) is 24.4 Å². The Balaban J connectivity index is 1.63. The van der Waals surface area contributed by atoms with Gasteiger partial charge in [-0.05, 0) is 25.3 Å². The highest BCUT2D eigenvalue weighted by Crippen LogP contribution is 2.31. The third-order valence-corrected chi connectivity index (χ3v) is 7.25. The second-order valence-electron chi connectivity index (χ2n) is 7.75. The fourth-order valence-electron chi connectivity index (χ4n) is 4.16. The van der Waals surface area contributed by atoms with Gasteiger partial charge in [-0.3, -0.25) is 9.36 Å². The molecule has 3 heterocycles. The van der Waals surface area contributed by atoms with Gasteiger partial charge in [-0.25, -0.2) is 17.8 Å². The minimum atomic E-state index is -3.42. The number of pyridine rings is 1. The van der Waals surface area contributed by atoms with Gasteiger partial charge >= 0.3 is 0 Å². The molecule has 0 unspecified atom stereocenters. The number of rotatable bonds is 4. The summed E-state index contributed by atoms with van der Waals surface area (Å²) >= 11 is 6.13. The summed E-state index contributed by atoms with van der Waals surface area (Å²) < 4.78 is 40.6. The first-order valence-corrected chi connectivity index (χ1v) is 11.9. The van der Waals surface area contributed by atoms with Crippen LogP contribution in [0.25, 0.3) is 11.0 Å². The van der Waals surface area contributed by atoms with Gasteiger partial charge in [0.15, 0.2) is 0 Å². The van der Waals surface area contributed by atoms with E-state index in [0.29, 0.717) is 17.5 Å². The van der Waals surface area contributed by atoms with Crippen molar-refractivity contribution in [3.8, 4) is 0 Å². The Hall–Kier alpha value is -1.78. The number of alkyl halides is 1. The fraction of sp³-hybridized carbons (Fsp3) is 0.611. The van der Waals surface area contributed by atoms with E-state index < -0.39 is 22.2 Å². The van der Waals surface area contributed by atoms with Gasteiger partial charge in [-0.2, -0.15) is 9.29 Å². The number of hydrogen-bond acceptors (Lipinski definition) is 6. The second kappa shape index (κ2) is 7.81. The first-order valence-electron chi connectivity index (χ1n) is 9.67. The fourth-order valence-corrected chi connectivity index (χ4v) is 5.22. The number of sulfonamides is 1. The van der Waals surface area contributed by atoms with Crippen molar-refractivity contribution in [2.24, 2.45) is 0 Å². The third kappa shape index (κ3) is 4.10. The van der Waals surface area contributed by atoms with Crippen molar-refractivity contribution in [1.29, 1.82) is 0 Å². The topological polar surface area (TPSA) is 97.2 Å². The van der Waals surface area contributed by atoms with Crippen molar-refractivity contribution in [3.05, 3.63) is 27.6 Å². The van der Waals surface area contributed by atoms with Crippen molar-refractivity contribution in [2.75, 3.05) is 24.7 Å². The molecular formula is C18H23ClFN5O3S. The SMILES string of the molecule is CS(=O)(=O)N1CC[C@H](Nc2ncc3cc(Cl)c(=O)n(C4CCCC4)c3n2)[C@@H](F)C1. The lowest BCUT2D eigenvalue weighted by molar-refractivity contribution is 0.186. The highest BCUT2D eigenvalue weighted by Gasteiger charge is 2.33. The van der Waals surface area contributed by atoms with E-state index in [-0.39, 0.29) is 35.7 Å². The van der Waals surface area contributed by atoms with Gasteiger partial charge in [0.25, 0.3) is 5.56 Å². The first-order chi connectivity index (χ1) is 13.7. The Labute approximate surface area is 173 Å². The zero-order valence-corrected chi connectivity index (χ0v) is 17.6. The maximum atomic E-state index is 14.6. The lowest BCUT2D eigenvalue weighted by atomic mass is 10.1. The van der Waals surface area contributed by atoms with Gasteiger partial charge in [0, 0.05) is 30.7 Å². The quantitative estimate of drug-likeness (QED) is 0.779. The van der Waals surface area contributed by atoms with Crippen LogP contribution in [-0.2, 0) is 10.0 Å². The smallest absolute Gasteiger partial charge is 0.271 e. The highest BCUT2D eigenvalue weighted by atomic mass is 35.5. The lowest BCUT2D eigenvalue weighted by Crippen LogP contribution is -2.49. The summed E-state index contributed by atoms with van der Waals surface area (Å²) in [5.41, 5.74) is 0.202. The van der Waals surface area contributed by atoms with E-state index in [2.05, 4.69) is 15.3 Å². The first kappa shape index (κ1) is 20.5. The van der Waals surface area contributed by atoms with Crippen LogP contribution in [0.3, 0.4) is 0 Å². The maximum Gasteiger partial charge on any atom is 0.271 e. The molecule has 2 fully saturated rings. The zero-order chi connectivity index (χ0) is 20.8. The Kier molecular flexibility index (Phi) is 5.52. The standard InChI is InChI=1S/C18H23ClFN5O3S/c1-29(27,28)24-7-6-15(14(20)10-24)22-18-21-9-11-8-13(19)17(26)25(16(11)23-18)12-4-2-3-5-12/h8-9,12,14-15H,2-7,10H2,1H3,(H,21,22,23)/t14-,15-/m0/s1. The van der Waals surface area contributed by atoms with Crippen LogP contribution >= 0.6 is 11.6 Å². The van der Waals surface area contributed by atoms with Crippen molar-refractivity contribution in [3.63, 3.8) is 0 Å². The van der Waals surface area contributed by atoms with Crippen LogP contribution in [0.2, 0.25) is 5.02 Å². The summed E-state index contributed by atoms with van der Waals surface area (Å²) in [6.45, 7) is 0.0271. The monoisotopic (exact) mass is 443 g/mol. The highest BCUT2D eigenvalue weighted by molar-refractivity contribution is 7.88. The molecule has 1 saturated heterocycles. The second-order valence-corrected chi connectivity index (χ2v) is 10.1. The van der Waals surface area contributed by atoms with Gasteiger partial charge in [-0.15, -0.1) is 0 Å². The van der Waals surface area contributed by atoms with Gasteiger partial charge < -0.3 is 5.32 Å². The van der Waals surface area contributed by atoms with E-state index in [4.69, 9.17) is 11.6 Å². The van der Waals surface area contributed by atoms with E-state index in [1.807, 2.05) is 0 Å². The summed E-state index contributed by atoms with van der Waals surface area (Å²) in [5.74, 6) is 0.214. The molecule has 158 valence electrons. The van der Waals surface area contributed by atoms with Crippen molar-refractivity contribution in [1.82, 2.24) is 18.8 Å². The molecule has 0 aromatic carbocycles. The molecule has 2 aromatic rings. The Bertz CT molecular complexity index is 1090. The molecule has 8 nitrogen and oxygen atoms in total. The predicted octanol–water partition coefficient (Wildman–Crippen LogP) is 2.34. The lowest BCUT2D eigenvalue weighted by Gasteiger charge is -2.33. The zero-order valence-electron chi connectivity index (χ0n) is 16.0. The van der Waals surface area contributed by atoms with Crippen LogP contribution in [-0.4, -0.2) is 58.8 Å². The molecule has 1 saturated carbocycles. The van der Waals surface area contributed by atoms with E-state index in [1.165, 1.54) is 0 Å². The maximum absolute atomic E-state index is 14.6. The number of fused-ring (bicyclic) bond motifs is 1. The number of nitrogens with zero attached hydrogens (tertiary/aromatic N) is 4. The molecule has 4 rings (SSSR count). The number of aromatic nitrogens is 3. The summed E-state index contributed by atoms with van der Waals surface area (Å²) in [5, 5.41) is 3.76. The summed E-state index contributed by atoms with van der Waals surface area (Å²) in [6.07, 6.45) is 5.42. The van der Waals surface area contributed by atoms with Crippen molar-refractivity contribution in [2.45, 2.75) is 50.4 Å². The summed E-state index contributed by atoms with van der Waals surface area (Å²) in [6, 6.07) is 0.986. The Morgan fingerprint density at radius 1 is 1.28 bits per heavy atom. The molecule has 1 N–H and O–H groups in total. The number of nitrogens with one attached hydrogen (secondary N) is 1. The molecule has 0 radical (unpaired) electrons. The van der Waals surface area contributed by atoms with Crippen LogP contribution in [0.4, 0.5) is 10.3 Å². The van der Waals surface area contributed by atoms with Gasteiger partial charge in [0.1, 0.15) is 16.8 Å². The minimum absolute atomic E-state index is 0.0402. The average molecular weight is 444 g/mol. The largest absolute Gasteiger partial charge is 0.348 e. The number of piperidine rings is 1. The third-order valence-electron chi connectivity index (χ3n) is 5.71. The molecule has 1 aliphatic heterocycles. The Morgan fingerprint density at radius 3 is 2.66 bits per heavy atom. The molecule has 0 bridgehead atoms. The van der Waals surface area contributed by atoms with Gasteiger partial charge in [0.2, 0.25) is 16.0 Å².